The molecule has 0 aliphatic rings. The van der Waals surface area contributed by atoms with Crippen molar-refractivity contribution >= 4 is 28.2 Å². The molecule has 0 spiro atoms. The van der Waals surface area contributed by atoms with Crippen LogP contribution in [-0.2, 0) is 6.54 Å². The van der Waals surface area contributed by atoms with Gasteiger partial charge in [0.15, 0.2) is 0 Å². The zero-order chi connectivity index (χ0) is 13.2. The molecule has 0 aliphatic carbocycles. The van der Waals surface area contributed by atoms with Gasteiger partial charge in [-0.15, -0.1) is 0 Å². The minimum absolute atomic E-state index is 0.638. The van der Waals surface area contributed by atoms with Crippen LogP contribution in [0.4, 0.5) is 5.69 Å². The Morgan fingerprint density at radius 2 is 2.11 bits per heavy atom. The molecule has 2 aromatic heterocycles. The normalized spacial score (nSPS) is 10.8. The van der Waals surface area contributed by atoms with Gasteiger partial charge in [-0.1, -0.05) is 11.6 Å². The maximum atomic E-state index is 6.14. The summed E-state index contributed by atoms with van der Waals surface area (Å²) in [5, 5.41) is 5.03. The second kappa shape index (κ2) is 4.94. The number of hydrogen-bond acceptors (Lipinski definition) is 3. The van der Waals surface area contributed by atoms with Crippen molar-refractivity contribution in [3.63, 3.8) is 0 Å². The molecule has 0 amide bonds. The van der Waals surface area contributed by atoms with Crippen molar-refractivity contribution in [3.8, 4) is 0 Å². The van der Waals surface area contributed by atoms with Gasteiger partial charge in [0, 0.05) is 17.3 Å². The molecule has 1 aromatic carbocycles. The number of fused-ring (bicyclic) bond motifs is 1. The molecule has 0 atom stereocenters. The van der Waals surface area contributed by atoms with Crippen molar-refractivity contribution in [1.82, 2.24) is 4.98 Å². The Labute approximate surface area is 116 Å². The fraction of sp³-hybridized carbons (Fsp3) is 0.133. The number of hydrogen-bond donors (Lipinski definition) is 1. The van der Waals surface area contributed by atoms with Crippen LogP contribution in [0.3, 0.4) is 0 Å². The Kier molecular flexibility index (Phi) is 3.13. The molecular weight excluding hydrogens is 260 g/mol. The van der Waals surface area contributed by atoms with Crippen LogP contribution in [-0.4, -0.2) is 4.98 Å². The number of rotatable bonds is 3. The molecule has 0 radical (unpaired) electrons. The highest BCUT2D eigenvalue weighted by Gasteiger charge is 2.06. The first kappa shape index (κ1) is 12.1. The van der Waals surface area contributed by atoms with Crippen molar-refractivity contribution in [2.75, 3.05) is 5.32 Å². The molecule has 0 fully saturated rings. The van der Waals surface area contributed by atoms with Crippen molar-refractivity contribution in [1.29, 1.82) is 0 Å². The van der Waals surface area contributed by atoms with Gasteiger partial charge in [-0.25, -0.2) is 0 Å². The summed E-state index contributed by atoms with van der Waals surface area (Å²) >= 11 is 6.14. The molecule has 0 bridgehead atoms. The van der Waals surface area contributed by atoms with Crippen LogP contribution >= 0.6 is 11.6 Å². The van der Waals surface area contributed by atoms with Gasteiger partial charge < -0.3 is 9.73 Å². The Morgan fingerprint density at radius 3 is 2.89 bits per heavy atom. The highest BCUT2D eigenvalue weighted by molar-refractivity contribution is 6.35. The fourth-order valence-corrected chi connectivity index (χ4v) is 2.27. The molecule has 19 heavy (non-hydrogen) atoms. The Morgan fingerprint density at radius 1 is 1.21 bits per heavy atom. The first-order valence-electron chi connectivity index (χ1n) is 6.06. The summed E-state index contributed by atoms with van der Waals surface area (Å²) in [5.41, 5.74) is 1.81. The second-order valence-electron chi connectivity index (χ2n) is 4.36. The monoisotopic (exact) mass is 272 g/mol. The first-order chi connectivity index (χ1) is 9.24. The molecule has 0 saturated heterocycles. The summed E-state index contributed by atoms with van der Waals surface area (Å²) in [7, 11) is 0. The topological polar surface area (TPSA) is 38.1 Å². The standard InChI is InChI=1S/C15H13ClN2O/c1-10-4-5-11(19-10)9-18-14-7-6-13(16)15-12(14)3-2-8-17-15/h2-8,18H,9H2,1H3. The van der Waals surface area contributed by atoms with Crippen LogP contribution in [0.2, 0.25) is 5.02 Å². The highest BCUT2D eigenvalue weighted by atomic mass is 35.5. The van der Waals surface area contributed by atoms with Crippen LogP contribution in [0.5, 0.6) is 0 Å². The average Bonchev–Trinajstić information content (AvgIpc) is 2.84. The van der Waals surface area contributed by atoms with Crippen LogP contribution < -0.4 is 5.32 Å². The third-order valence-electron chi connectivity index (χ3n) is 2.97. The van der Waals surface area contributed by atoms with Crippen LogP contribution in [0.15, 0.2) is 47.0 Å². The van der Waals surface area contributed by atoms with Gasteiger partial charge >= 0.3 is 0 Å². The number of anilines is 1. The van der Waals surface area contributed by atoms with E-state index in [1.807, 2.05) is 43.3 Å². The molecule has 3 nitrogen and oxygen atoms in total. The SMILES string of the molecule is Cc1ccc(CNc2ccc(Cl)c3ncccc23)o1. The van der Waals surface area contributed by atoms with Crippen molar-refractivity contribution in [2.45, 2.75) is 13.5 Å². The van der Waals surface area contributed by atoms with E-state index in [4.69, 9.17) is 16.0 Å². The van der Waals surface area contributed by atoms with Gasteiger partial charge in [0.05, 0.1) is 17.1 Å². The van der Waals surface area contributed by atoms with Crippen LogP contribution in [0.1, 0.15) is 11.5 Å². The lowest BCUT2D eigenvalue weighted by atomic mass is 10.2. The average molecular weight is 273 g/mol. The summed E-state index contributed by atoms with van der Waals surface area (Å²) in [4.78, 5) is 4.31. The van der Waals surface area contributed by atoms with Gasteiger partial charge in [0.2, 0.25) is 0 Å². The van der Waals surface area contributed by atoms with E-state index >= 15 is 0 Å². The fourth-order valence-electron chi connectivity index (χ4n) is 2.05. The number of nitrogens with zero attached hydrogens (tertiary/aromatic N) is 1. The van der Waals surface area contributed by atoms with E-state index in [0.29, 0.717) is 11.6 Å². The van der Waals surface area contributed by atoms with Crippen molar-refractivity contribution in [3.05, 3.63) is 59.1 Å². The van der Waals surface area contributed by atoms with Crippen LogP contribution in [0.25, 0.3) is 10.9 Å². The minimum atomic E-state index is 0.638. The van der Waals surface area contributed by atoms with Gasteiger partial charge in [0.1, 0.15) is 11.5 Å². The van der Waals surface area contributed by atoms with E-state index in [1.54, 1.807) is 6.20 Å². The maximum Gasteiger partial charge on any atom is 0.123 e. The van der Waals surface area contributed by atoms with Gasteiger partial charge in [-0.3, -0.25) is 4.98 Å². The van der Waals surface area contributed by atoms with Gasteiger partial charge in [-0.05, 0) is 43.3 Å². The summed E-state index contributed by atoms with van der Waals surface area (Å²) in [5.74, 6) is 1.82. The lowest BCUT2D eigenvalue weighted by molar-refractivity contribution is 0.490. The van der Waals surface area contributed by atoms with Crippen molar-refractivity contribution < 1.29 is 4.42 Å². The minimum Gasteiger partial charge on any atom is -0.465 e. The van der Waals surface area contributed by atoms with E-state index in [0.717, 1.165) is 28.1 Å². The molecule has 3 aromatic rings. The molecule has 4 heteroatoms. The van der Waals surface area contributed by atoms with Crippen molar-refractivity contribution in [2.24, 2.45) is 0 Å². The molecule has 0 aliphatic heterocycles. The number of benzene rings is 1. The largest absolute Gasteiger partial charge is 0.465 e. The molecule has 1 N–H and O–H groups in total. The smallest absolute Gasteiger partial charge is 0.123 e. The summed E-state index contributed by atoms with van der Waals surface area (Å²) in [6.07, 6.45) is 1.74. The van der Waals surface area contributed by atoms with E-state index in [-0.39, 0.29) is 0 Å². The Balaban J connectivity index is 1.91. The second-order valence-corrected chi connectivity index (χ2v) is 4.77. The summed E-state index contributed by atoms with van der Waals surface area (Å²) < 4.78 is 5.54. The number of nitrogens with one attached hydrogen (secondary N) is 1. The highest BCUT2D eigenvalue weighted by Crippen LogP contribution is 2.28. The number of halogens is 1. The Hall–Kier alpha value is -2.00. The molecule has 96 valence electrons. The summed E-state index contributed by atoms with van der Waals surface area (Å²) in [6, 6.07) is 11.6. The van der Waals surface area contributed by atoms with Gasteiger partial charge in [0.25, 0.3) is 0 Å². The number of pyridine rings is 1. The van der Waals surface area contributed by atoms with E-state index in [1.165, 1.54) is 0 Å². The number of furan rings is 1. The molecule has 0 saturated carbocycles. The molecule has 3 rings (SSSR count). The third kappa shape index (κ3) is 2.42. The van der Waals surface area contributed by atoms with E-state index in [9.17, 15) is 0 Å². The lowest BCUT2D eigenvalue weighted by Gasteiger charge is -2.09. The quantitative estimate of drug-likeness (QED) is 0.768. The molecular formula is C15H13ClN2O. The van der Waals surface area contributed by atoms with E-state index in [2.05, 4.69) is 10.3 Å². The predicted octanol–water partition coefficient (Wildman–Crippen LogP) is 4.40. The van der Waals surface area contributed by atoms with Crippen LogP contribution in [0, 0.1) is 6.92 Å². The number of aryl methyl sites for hydroxylation is 1. The lowest BCUT2D eigenvalue weighted by Crippen LogP contribution is -1.99. The molecule has 2 heterocycles. The number of aromatic nitrogens is 1. The third-order valence-corrected chi connectivity index (χ3v) is 3.27. The predicted molar refractivity (Wildman–Crippen MR) is 77.5 cm³/mol. The zero-order valence-electron chi connectivity index (χ0n) is 10.5. The first-order valence-corrected chi connectivity index (χ1v) is 6.44. The van der Waals surface area contributed by atoms with E-state index < -0.39 is 0 Å². The summed E-state index contributed by atoms with van der Waals surface area (Å²) in [6.45, 7) is 2.57. The van der Waals surface area contributed by atoms with Gasteiger partial charge in [-0.2, -0.15) is 0 Å². The molecule has 0 unspecified atom stereocenters. The Bertz CT molecular complexity index is 721. The zero-order valence-corrected chi connectivity index (χ0v) is 11.2. The maximum absolute atomic E-state index is 6.14.